The Kier molecular flexibility index (Phi) is 3.48. The SMILES string of the molecule is Cc1cscc1-c1nc(Cl)c2cc(C(C)C)ccc2n1. The number of nitrogens with zero attached hydrogens (tertiary/aromatic N) is 2. The lowest BCUT2D eigenvalue weighted by Crippen LogP contribution is -1.94. The van der Waals surface area contributed by atoms with E-state index in [1.54, 1.807) is 11.3 Å². The normalized spacial score (nSPS) is 11.4. The molecule has 0 fully saturated rings. The fraction of sp³-hybridized carbons (Fsp3) is 0.250. The van der Waals surface area contributed by atoms with Crippen LogP contribution in [0, 0.1) is 6.92 Å². The molecule has 0 spiro atoms. The van der Waals surface area contributed by atoms with Crippen molar-refractivity contribution in [3.05, 3.63) is 45.2 Å². The zero-order chi connectivity index (χ0) is 14.3. The van der Waals surface area contributed by atoms with E-state index in [9.17, 15) is 0 Å². The van der Waals surface area contributed by atoms with Crippen molar-refractivity contribution in [3.63, 3.8) is 0 Å². The number of aryl methyl sites for hydroxylation is 1. The molecule has 0 aliphatic heterocycles. The molecule has 0 bridgehead atoms. The van der Waals surface area contributed by atoms with Crippen LogP contribution in [0.4, 0.5) is 0 Å². The van der Waals surface area contributed by atoms with Crippen molar-refractivity contribution in [2.45, 2.75) is 26.7 Å². The van der Waals surface area contributed by atoms with E-state index >= 15 is 0 Å². The molecule has 1 aromatic carbocycles. The van der Waals surface area contributed by atoms with Crippen molar-refractivity contribution in [2.24, 2.45) is 0 Å². The first kappa shape index (κ1) is 13.5. The van der Waals surface area contributed by atoms with Gasteiger partial charge in [0.15, 0.2) is 5.82 Å². The van der Waals surface area contributed by atoms with Gasteiger partial charge in [-0.15, -0.1) is 0 Å². The van der Waals surface area contributed by atoms with Gasteiger partial charge in [-0.2, -0.15) is 11.3 Å². The second kappa shape index (κ2) is 5.15. The minimum Gasteiger partial charge on any atom is -0.228 e. The minimum atomic E-state index is 0.467. The van der Waals surface area contributed by atoms with Crippen LogP contribution in [0.25, 0.3) is 22.3 Å². The van der Waals surface area contributed by atoms with Gasteiger partial charge in [0, 0.05) is 16.3 Å². The maximum atomic E-state index is 6.36. The third kappa shape index (κ3) is 2.32. The van der Waals surface area contributed by atoms with Gasteiger partial charge in [-0.3, -0.25) is 0 Å². The lowest BCUT2D eigenvalue weighted by molar-refractivity contribution is 0.868. The van der Waals surface area contributed by atoms with Crippen LogP contribution >= 0.6 is 22.9 Å². The summed E-state index contributed by atoms with van der Waals surface area (Å²) >= 11 is 8.02. The first-order chi connectivity index (χ1) is 9.56. The molecule has 3 rings (SSSR count). The highest BCUT2D eigenvalue weighted by Gasteiger charge is 2.11. The van der Waals surface area contributed by atoms with Gasteiger partial charge < -0.3 is 0 Å². The molecule has 0 saturated carbocycles. The number of thiophene rings is 1. The van der Waals surface area contributed by atoms with Crippen LogP contribution in [0.2, 0.25) is 5.15 Å². The Morgan fingerprint density at radius 1 is 1.15 bits per heavy atom. The lowest BCUT2D eigenvalue weighted by atomic mass is 10.0. The molecule has 0 atom stereocenters. The summed E-state index contributed by atoms with van der Waals surface area (Å²) in [5, 5.41) is 5.61. The first-order valence-corrected chi connectivity index (χ1v) is 7.88. The molecule has 0 radical (unpaired) electrons. The maximum absolute atomic E-state index is 6.36. The summed E-state index contributed by atoms with van der Waals surface area (Å²) in [5.74, 6) is 1.17. The van der Waals surface area contributed by atoms with E-state index in [1.807, 2.05) is 6.07 Å². The highest BCUT2D eigenvalue weighted by atomic mass is 35.5. The summed E-state index contributed by atoms with van der Waals surface area (Å²) in [6.45, 7) is 6.40. The van der Waals surface area contributed by atoms with Gasteiger partial charge in [-0.25, -0.2) is 9.97 Å². The molecule has 0 amide bonds. The molecule has 102 valence electrons. The Bertz CT molecular complexity index is 777. The summed E-state index contributed by atoms with van der Waals surface area (Å²) in [6.07, 6.45) is 0. The quantitative estimate of drug-likeness (QED) is 0.589. The van der Waals surface area contributed by atoms with Gasteiger partial charge in [0.1, 0.15) is 5.15 Å². The van der Waals surface area contributed by atoms with E-state index < -0.39 is 0 Å². The molecular formula is C16H15ClN2S. The second-order valence-electron chi connectivity index (χ2n) is 5.24. The number of rotatable bonds is 2. The van der Waals surface area contributed by atoms with E-state index in [1.165, 1.54) is 11.1 Å². The van der Waals surface area contributed by atoms with Crippen molar-refractivity contribution < 1.29 is 0 Å². The molecule has 0 saturated heterocycles. The number of hydrogen-bond donors (Lipinski definition) is 0. The van der Waals surface area contributed by atoms with Crippen molar-refractivity contribution in [3.8, 4) is 11.4 Å². The summed E-state index contributed by atoms with van der Waals surface area (Å²) in [4.78, 5) is 9.12. The number of hydrogen-bond acceptors (Lipinski definition) is 3. The molecule has 0 aliphatic rings. The molecule has 0 aliphatic carbocycles. The van der Waals surface area contributed by atoms with Gasteiger partial charge in [-0.05, 0) is 41.5 Å². The average Bonchev–Trinajstić information content (AvgIpc) is 2.84. The van der Waals surface area contributed by atoms with Crippen molar-refractivity contribution in [2.75, 3.05) is 0 Å². The van der Waals surface area contributed by atoms with Crippen molar-refractivity contribution >= 4 is 33.8 Å². The number of benzene rings is 1. The molecule has 0 unspecified atom stereocenters. The molecule has 20 heavy (non-hydrogen) atoms. The van der Waals surface area contributed by atoms with Gasteiger partial charge in [0.05, 0.1) is 5.52 Å². The van der Waals surface area contributed by atoms with Crippen LogP contribution in [-0.2, 0) is 0 Å². The van der Waals surface area contributed by atoms with E-state index in [0.29, 0.717) is 16.9 Å². The Morgan fingerprint density at radius 2 is 1.95 bits per heavy atom. The maximum Gasteiger partial charge on any atom is 0.162 e. The zero-order valence-electron chi connectivity index (χ0n) is 11.6. The Morgan fingerprint density at radius 3 is 2.60 bits per heavy atom. The third-order valence-electron chi connectivity index (χ3n) is 3.44. The molecule has 0 N–H and O–H groups in total. The van der Waals surface area contributed by atoms with E-state index in [-0.39, 0.29) is 0 Å². The lowest BCUT2D eigenvalue weighted by Gasteiger charge is -2.09. The highest BCUT2D eigenvalue weighted by Crippen LogP contribution is 2.30. The Balaban J connectivity index is 2.21. The molecule has 2 aromatic heterocycles. The fourth-order valence-electron chi connectivity index (χ4n) is 2.18. The van der Waals surface area contributed by atoms with Crippen LogP contribution in [0.1, 0.15) is 30.9 Å². The van der Waals surface area contributed by atoms with Crippen molar-refractivity contribution in [1.82, 2.24) is 9.97 Å². The predicted octanol–water partition coefficient (Wildman–Crippen LogP) is 5.44. The number of fused-ring (bicyclic) bond motifs is 1. The van der Waals surface area contributed by atoms with Crippen molar-refractivity contribution in [1.29, 1.82) is 0 Å². The van der Waals surface area contributed by atoms with E-state index in [4.69, 9.17) is 11.6 Å². The molecule has 2 nitrogen and oxygen atoms in total. The summed E-state index contributed by atoms with van der Waals surface area (Å²) in [6, 6.07) is 6.23. The highest BCUT2D eigenvalue weighted by molar-refractivity contribution is 7.08. The standard InChI is InChI=1S/C16H15ClN2S/c1-9(2)11-4-5-14-12(6-11)15(17)19-16(18-14)13-8-20-7-10(13)3/h4-9H,1-3H3. The van der Waals surface area contributed by atoms with Crippen LogP contribution in [0.3, 0.4) is 0 Å². The van der Waals surface area contributed by atoms with E-state index in [2.05, 4.69) is 53.6 Å². The van der Waals surface area contributed by atoms with Gasteiger partial charge in [0.2, 0.25) is 0 Å². The topological polar surface area (TPSA) is 25.8 Å². The van der Waals surface area contributed by atoms with E-state index in [0.717, 1.165) is 16.5 Å². The summed E-state index contributed by atoms with van der Waals surface area (Å²) in [5.41, 5.74) is 4.40. The fourth-order valence-corrected chi connectivity index (χ4v) is 3.24. The average molecular weight is 303 g/mol. The molecule has 2 heterocycles. The second-order valence-corrected chi connectivity index (χ2v) is 6.34. The molecular weight excluding hydrogens is 288 g/mol. The largest absolute Gasteiger partial charge is 0.228 e. The number of halogens is 1. The Hall–Kier alpha value is -1.45. The molecule has 4 heteroatoms. The minimum absolute atomic E-state index is 0.467. The summed E-state index contributed by atoms with van der Waals surface area (Å²) < 4.78 is 0. The smallest absolute Gasteiger partial charge is 0.162 e. The van der Waals surface area contributed by atoms with Gasteiger partial charge in [-0.1, -0.05) is 31.5 Å². The van der Waals surface area contributed by atoms with Crippen LogP contribution < -0.4 is 0 Å². The number of aromatic nitrogens is 2. The Labute approximate surface area is 127 Å². The predicted molar refractivity (Wildman–Crippen MR) is 86.7 cm³/mol. The van der Waals surface area contributed by atoms with Crippen LogP contribution in [-0.4, -0.2) is 9.97 Å². The zero-order valence-corrected chi connectivity index (χ0v) is 13.2. The van der Waals surface area contributed by atoms with Crippen LogP contribution in [0.15, 0.2) is 29.0 Å². The summed E-state index contributed by atoms with van der Waals surface area (Å²) in [7, 11) is 0. The van der Waals surface area contributed by atoms with Crippen LogP contribution in [0.5, 0.6) is 0 Å². The van der Waals surface area contributed by atoms with Gasteiger partial charge in [0.25, 0.3) is 0 Å². The molecule has 3 aromatic rings. The third-order valence-corrected chi connectivity index (χ3v) is 4.59. The first-order valence-electron chi connectivity index (χ1n) is 6.56. The van der Waals surface area contributed by atoms with Gasteiger partial charge >= 0.3 is 0 Å². The monoisotopic (exact) mass is 302 g/mol.